The van der Waals surface area contributed by atoms with Gasteiger partial charge >= 0.3 is 0 Å². The Balaban J connectivity index is 1.82. The van der Waals surface area contributed by atoms with E-state index in [1.54, 1.807) is 32.4 Å². The predicted molar refractivity (Wildman–Crippen MR) is 105 cm³/mol. The largest absolute Gasteiger partial charge is 0.496 e. The van der Waals surface area contributed by atoms with Crippen LogP contribution in [0.1, 0.15) is 27.2 Å². The summed E-state index contributed by atoms with van der Waals surface area (Å²) >= 11 is 1.41. The van der Waals surface area contributed by atoms with Crippen LogP contribution in [0.2, 0.25) is 0 Å². The molecule has 3 aromatic rings. The van der Waals surface area contributed by atoms with Gasteiger partial charge in [0.25, 0.3) is 5.91 Å². The van der Waals surface area contributed by atoms with Crippen LogP contribution in [0.5, 0.6) is 5.75 Å². The first kappa shape index (κ1) is 19.0. The van der Waals surface area contributed by atoms with Crippen LogP contribution in [0.4, 0.5) is 0 Å². The highest BCUT2D eigenvalue weighted by molar-refractivity contribution is 7.98. The first-order chi connectivity index (χ1) is 13.0. The molecule has 2 heterocycles. The summed E-state index contributed by atoms with van der Waals surface area (Å²) in [6.45, 7) is 4.17. The molecule has 0 fully saturated rings. The van der Waals surface area contributed by atoms with E-state index in [4.69, 9.17) is 9.15 Å². The number of hydrogen-bond acceptors (Lipinski definition) is 6. The van der Waals surface area contributed by atoms with E-state index < -0.39 is 0 Å². The number of methoxy groups -OCH3 is 1. The lowest BCUT2D eigenvalue weighted by Gasteiger charge is -2.12. The van der Waals surface area contributed by atoms with Crippen LogP contribution in [0.25, 0.3) is 11.6 Å². The standard InChI is InChI=1S/C20H21N3O3S/c1-12-7-8-14(10-16(12)25-3)11-21-19(24)17-13(2)22-18(23-20(17)27-4)15-6-5-9-26-15/h5-10H,11H2,1-4H3,(H,21,24). The number of thioether (sulfide) groups is 1. The topological polar surface area (TPSA) is 77.2 Å². The van der Waals surface area contributed by atoms with Gasteiger partial charge in [0.15, 0.2) is 11.6 Å². The highest BCUT2D eigenvalue weighted by Crippen LogP contribution is 2.25. The van der Waals surface area contributed by atoms with Crippen molar-refractivity contribution in [2.24, 2.45) is 0 Å². The Morgan fingerprint density at radius 2 is 2.07 bits per heavy atom. The first-order valence-electron chi connectivity index (χ1n) is 8.41. The van der Waals surface area contributed by atoms with Gasteiger partial charge < -0.3 is 14.5 Å². The van der Waals surface area contributed by atoms with Crippen LogP contribution < -0.4 is 10.1 Å². The number of carbonyl (C=O) groups excluding carboxylic acids is 1. The smallest absolute Gasteiger partial charge is 0.256 e. The molecule has 0 bridgehead atoms. The van der Waals surface area contributed by atoms with Gasteiger partial charge in [-0.15, -0.1) is 11.8 Å². The summed E-state index contributed by atoms with van der Waals surface area (Å²) < 4.78 is 10.7. The van der Waals surface area contributed by atoms with Gasteiger partial charge in [-0.2, -0.15) is 0 Å². The Kier molecular flexibility index (Phi) is 5.81. The maximum atomic E-state index is 12.8. The lowest BCUT2D eigenvalue weighted by atomic mass is 10.1. The molecule has 140 valence electrons. The molecule has 0 radical (unpaired) electrons. The van der Waals surface area contributed by atoms with E-state index in [0.717, 1.165) is 16.9 Å². The molecule has 0 aliphatic rings. The van der Waals surface area contributed by atoms with E-state index in [1.165, 1.54) is 11.8 Å². The lowest BCUT2D eigenvalue weighted by Crippen LogP contribution is -2.25. The summed E-state index contributed by atoms with van der Waals surface area (Å²) in [5, 5.41) is 3.56. The number of benzene rings is 1. The minimum absolute atomic E-state index is 0.206. The Hall–Kier alpha value is -2.80. The molecule has 0 saturated carbocycles. The number of nitrogens with one attached hydrogen (secondary N) is 1. The van der Waals surface area contributed by atoms with Crippen molar-refractivity contribution in [3.05, 3.63) is 59.0 Å². The summed E-state index contributed by atoms with van der Waals surface area (Å²) in [4.78, 5) is 21.7. The Morgan fingerprint density at radius 1 is 1.26 bits per heavy atom. The second kappa shape index (κ2) is 8.26. The Labute approximate surface area is 162 Å². The van der Waals surface area contributed by atoms with Gasteiger partial charge in [-0.05, 0) is 49.4 Å². The fourth-order valence-corrected chi connectivity index (χ4v) is 3.34. The monoisotopic (exact) mass is 383 g/mol. The number of carbonyl (C=O) groups is 1. The molecule has 27 heavy (non-hydrogen) atoms. The lowest BCUT2D eigenvalue weighted by molar-refractivity contribution is 0.0946. The van der Waals surface area contributed by atoms with E-state index in [2.05, 4.69) is 15.3 Å². The molecule has 1 aromatic carbocycles. The van der Waals surface area contributed by atoms with Gasteiger partial charge in [-0.1, -0.05) is 12.1 Å². The molecular weight excluding hydrogens is 362 g/mol. The molecule has 0 unspecified atom stereocenters. The van der Waals surface area contributed by atoms with Crippen molar-refractivity contribution in [3.63, 3.8) is 0 Å². The summed E-state index contributed by atoms with van der Waals surface area (Å²) in [6.07, 6.45) is 3.46. The third-order valence-electron chi connectivity index (χ3n) is 4.14. The van der Waals surface area contributed by atoms with Gasteiger partial charge in [0.05, 0.1) is 24.6 Å². The second-order valence-corrected chi connectivity index (χ2v) is 6.78. The van der Waals surface area contributed by atoms with E-state index in [-0.39, 0.29) is 5.91 Å². The van der Waals surface area contributed by atoms with Gasteiger partial charge in [0, 0.05) is 6.54 Å². The molecule has 7 heteroatoms. The summed E-state index contributed by atoms with van der Waals surface area (Å²) in [6, 6.07) is 9.44. The number of nitrogens with zero attached hydrogens (tertiary/aromatic N) is 2. The number of furan rings is 1. The molecule has 0 spiro atoms. The molecule has 2 aromatic heterocycles. The van der Waals surface area contributed by atoms with Crippen LogP contribution >= 0.6 is 11.8 Å². The fourth-order valence-electron chi connectivity index (χ4n) is 2.72. The molecule has 1 amide bonds. The summed E-state index contributed by atoms with van der Waals surface area (Å²) in [7, 11) is 1.64. The van der Waals surface area contributed by atoms with Gasteiger partial charge in [0.1, 0.15) is 10.8 Å². The van der Waals surface area contributed by atoms with Crippen LogP contribution in [-0.4, -0.2) is 29.2 Å². The average Bonchev–Trinajstić information content (AvgIpc) is 3.21. The molecular formula is C20H21N3O3S. The minimum Gasteiger partial charge on any atom is -0.496 e. The summed E-state index contributed by atoms with van der Waals surface area (Å²) in [5.74, 6) is 1.64. The number of amides is 1. The number of rotatable bonds is 6. The second-order valence-electron chi connectivity index (χ2n) is 5.98. The molecule has 1 N–H and O–H groups in total. The van der Waals surface area contributed by atoms with E-state index in [1.807, 2.05) is 31.4 Å². The maximum absolute atomic E-state index is 12.8. The zero-order valence-corrected chi connectivity index (χ0v) is 16.5. The van der Waals surface area contributed by atoms with Crippen LogP contribution in [0, 0.1) is 13.8 Å². The fraction of sp³-hybridized carbons (Fsp3) is 0.250. The van der Waals surface area contributed by atoms with Crippen molar-refractivity contribution in [1.29, 1.82) is 0 Å². The van der Waals surface area contributed by atoms with E-state index >= 15 is 0 Å². The average molecular weight is 383 g/mol. The molecule has 0 saturated heterocycles. The Morgan fingerprint density at radius 3 is 2.74 bits per heavy atom. The number of aryl methyl sites for hydroxylation is 2. The third kappa shape index (κ3) is 4.14. The van der Waals surface area contributed by atoms with Crippen LogP contribution in [0.3, 0.4) is 0 Å². The molecule has 6 nitrogen and oxygen atoms in total. The van der Waals surface area contributed by atoms with E-state index in [0.29, 0.717) is 34.4 Å². The molecule has 0 aliphatic heterocycles. The van der Waals surface area contributed by atoms with Crippen LogP contribution in [0.15, 0.2) is 46.0 Å². The van der Waals surface area contributed by atoms with Crippen molar-refractivity contribution in [2.75, 3.05) is 13.4 Å². The van der Waals surface area contributed by atoms with Crippen molar-refractivity contribution in [2.45, 2.75) is 25.4 Å². The van der Waals surface area contributed by atoms with Gasteiger partial charge in [-0.25, -0.2) is 9.97 Å². The number of aromatic nitrogens is 2. The van der Waals surface area contributed by atoms with Crippen molar-refractivity contribution < 1.29 is 13.9 Å². The highest BCUT2D eigenvalue weighted by atomic mass is 32.2. The zero-order chi connectivity index (χ0) is 19.4. The number of ether oxygens (including phenoxy) is 1. The quantitative estimate of drug-likeness (QED) is 0.512. The first-order valence-corrected chi connectivity index (χ1v) is 9.64. The SMILES string of the molecule is COc1cc(CNC(=O)c2c(C)nc(-c3ccco3)nc2SC)ccc1C. The minimum atomic E-state index is -0.206. The highest BCUT2D eigenvalue weighted by Gasteiger charge is 2.19. The van der Waals surface area contributed by atoms with Crippen molar-refractivity contribution in [3.8, 4) is 17.3 Å². The Bertz CT molecular complexity index is 955. The van der Waals surface area contributed by atoms with Gasteiger partial charge in [-0.3, -0.25) is 4.79 Å². The third-order valence-corrected chi connectivity index (χ3v) is 4.83. The van der Waals surface area contributed by atoms with Crippen molar-refractivity contribution >= 4 is 17.7 Å². The molecule has 0 aliphatic carbocycles. The van der Waals surface area contributed by atoms with E-state index in [9.17, 15) is 4.79 Å². The normalized spacial score (nSPS) is 10.7. The van der Waals surface area contributed by atoms with Gasteiger partial charge in [0.2, 0.25) is 0 Å². The number of hydrogen-bond donors (Lipinski definition) is 1. The predicted octanol–water partition coefficient (Wildman–Crippen LogP) is 4.01. The maximum Gasteiger partial charge on any atom is 0.256 e. The molecule has 3 rings (SSSR count). The van der Waals surface area contributed by atoms with Crippen molar-refractivity contribution in [1.82, 2.24) is 15.3 Å². The van der Waals surface area contributed by atoms with Crippen LogP contribution in [-0.2, 0) is 6.54 Å². The summed E-state index contributed by atoms with van der Waals surface area (Å²) in [5.41, 5.74) is 3.11. The zero-order valence-electron chi connectivity index (χ0n) is 15.7. The molecule has 0 atom stereocenters.